The molecule has 0 unspecified atom stereocenters. The second-order valence-electron chi connectivity index (χ2n) is 9.26. The molecular formula is C21H34N2O6. The van der Waals surface area contributed by atoms with Crippen molar-refractivity contribution < 1.29 is 29.3 Å². The van der Waals surface area contributed by atoms with Gasteiger partial charge in [-0.25, -0.2) is 9.59 Å². The summed E-state index contributed by atoms with van der Waals surface area (Å²) in [6, 6.07) is 8.99. The van der Waals surface area contributed by atoms with Crippen molar-refractivity contribution in [2.45, 2.75) is 71.9 Å². The predicted molar refractivity (Wildman–Crippen MR) is 109 cm³/mol. The number of rotatable bonds is 7. The van der Waals surface area contributed by atoms with E-state index in [-0.39, 0.29) is 6.42 Å². The maximum Gasteiger partial charge on any atom is 0.405 e. The summed E-state index contributed by atoms with van der Waals surface area (Å²) in [6.45, 7) is 10.6. The summed E-state index contributed by atoms with van der Waals surface area (Å²) in [6.07, 6.45) is -6.50. The van der Waals surface area contributed by atoms with Crippen LogP contribution < -0.4 is 11.5 Å². The van der Waals surface area contributed by atoms with Gasteiger partial charge in [0.1, 0.15) is 18.3 Å². The van der Waals surface area contributed by atoms with Crippen LogP contribution in [0.5, 0.6) is 0 Å². The van der Waals surface area contributed by atoms with Crippen LogP contribution in [0.2, 0.25) is 0 Å². The van der Waals surface area contributed by atoms with Crippen molar-refractivity contribution in [3.63, 3.8) is 0 Å². The van der Waals surface area contributed by atoms with Gasteiger partial charge >= 0.3 is 12.2 Å². The van der Waals surface area contributed by atoms with Gasteiger partial charge in [0.05, 0.1) is 0 Å². The molecule has 2 amide bonds. The molecule has 8 heteroatoms. The largest absolute Gasteiger partial charge is 0.443 e. The van der Waals surface area contributed by atoms with Gasteiger partial charge in [-0.05, 0) is 5.56 Å². The zero-order valence-electron chi connectivity index (χ0n) is 18.0. The molecule has 0 aliphatic carbocycles. The number of hydrogen-bond acceptors (Lipinski definition) is 6. The SMILES string of the molecule is CC(C)(C)C(OC(N)=O)([C@H](O)[C@@H](O)[C@H](Cc1ccccc1)OC(N)=O)C(C)(C)C. The molecule has 0 bridgehead atoms. The molecule has 1 aromatic rings. The lowest BCUT2D eigenvalue weighted by molar-refractivity contribution is -0.234. The molecule has 164 valence electrons. The number of ether oxygens (including phenoxy) is 2. The lowest BCUT2D eigenvalue weighted by Crippen LogP contribution is -2.68. The van der Waals surface area contributed by atoms with Crippen LogP contribution in [0, 0.1) is 10.8 Å². The van der Waals surface area contributed by atoms with Crippen LogP contribution in [0.4, 0.5) is 9.59 Å². The number of amides is 2. The van der Waals surface area contributed by atoms with Crippen LogP contribution in [0.3, 0.4) is 0 Å². The van der Waals surface area contributed by atoms with Crippen LogP contribution in [0.25, 0.3) is 0 Å². The fraction of sp³-hybridized carbons (Fsp3) is 0.619. The number of benzene rings is 1. The van der Waals surface area contributed by atoms with E-state index in [1.165, 1.54) is 0 Å². The maximum atomic E-state index is 11.8. The molecule has 0 aliphatic rings. The van der Waals surface area contributed by atoms with E-state index in [1.807, 2.05) is 6.07 Å². The van der Waals surface area contributed by atoms with E-state index >= 15 is 0 Å². The Labute approximate surface area is 172 Å². The average molecular weight is 411 g/mol. The minimum absolute atomic E-state index is 0.100. The molecule has 0 fully saturated rings. The van der Waals surface area contributed by atoms with Gasteiger partial charge in [-0.3, -0.25) is 0 Å². The Balaban J connectivity index is 3.44. The second kappa shape index (κ2) is 9.00. The second-order valence-corrected chi connectivity index (χ2v) is 9.26. The fourth-order valence-electron chi connectivity index (χ4n) is 4.21. The molecule has 0 saturated heterocycles. The number of carbonyl (C=O) groups excluding carboxylic acids is 2. The van der Waals surface area contributed by atoms with E-state index in [4.69, 9.17) is 20.9 Å². The van der Waals surface area contributed by atoms with Crippen LogP contribution in [0.15, 0.2) is 30.3 Å². The number of carbonyl (C=O) groups is 2. The standard InChI is InChI=1S/C21H34N2O6/c1-19(2,3)21(20(4,5)6,29-18(23)27)16(25)15(24)14(28-17(22)26)12-13-10-8-7-9-11-13/h7-11,14-16,24-25H,12H2,1-6H3,(H2,22,26)(H2,23,27)/t14-,15-,16+/m0/s1. The van der Waals surface area contributed by atoms with Gasteiger partial charge in [0, 0.05) is 17.3 Å². The third kappa shape index (κ3) is 5.61. The number of nitrogens with two attached hydrogens (primary N) is 2. The van der Waals surface area contributed by atoms with Crippen LogP contribution in [-0.2, 0) is 15.9 Å². The summed E-state index contributed by atoms with van der Waals surface area (Å²) in [4.78, 5) is 23.2. The monoisotopic (exact) mass is 410 g/mol. The molecule has 0 spiro atoms. The fourth-order valence-corrected chi connectivity index (χ4v) is 4.21. The molecular weight excluding hydrogens is 376 g/mol. The summed E-state index contributed by atoms with van der Waals surface area (Å²) < 4.78 is 10.6. The minimum atomic E-state index is -1.64. The van der Waals surface area contributed by atoms with E-state index in [0.29, 0.717) is 0 Å². The Morgan fingerprint density at radius 1 is 0.931 bits per heavy atom. The van der Waals surface area contributed by atoms with Crippen molar-refractivity contribution in [1.82, 2.24) is 0 Å². The molecule has 0 saturated carbocycles. The van der Waals surface area contributed by atoms with Gasteiger partial charge in [-0.2, -0.15) is 0 Å². The van der Waals surface area contributed by atoms with E-state index in [0.717, 1.165) is 5.56 Å². The van der Waals surface area contributed by atoms with Gasteiger partial charge in [0.2, 0.25) is 0 Å². The molecule has 1 rings (SSSR count). The molecule has 3 atom stereocenters. The number of primary amides is 2. The number of aliphatic hydroxyl groups excluding tert-OH is 2. The first kappa shape index (κ1) is 24.7. The topological polar surface area (TPSA) is 145 Å². The zero-order valence-corrected chi connectivity index (χ0v) is 18.0. The highest BCUT2D eigenvalue weighted by atomic mass is 16.6. The molecule has 29 heavy (non-hydrogen) atoms. The van der Waals surface area contributed by atoms with Crippen molar-refractivity contribution in [2.75, 3.05) is 0 Å². The van der Waals surface area contributed by atoms with Gasteiger partial charge in [0.25, 0.3) is 0 Å². The Hall–Kier alpha value is -2.32. The molecule has 0 heterocycles. The highest BCUT2D eigenvalue weighted by Crippen LogP contribution is 2.50. The lowest BCUT2D eigenvalue weighted by Gasteiger charge is -2.55. The summed E-state index contributed by atoms with van der Waals surface area (Å²) >= 11 is 0. The first-order chi connectivity index (χ1) is 13.1. The van der Waals surface area contributed by atoms with E-state index in [1.54, 1.807) is 65.8 Å². The first-order valence-corrected chi connectivity index (χ1v) is 9.48. The Morgan fingerprint density at radius 3 is 1.79 bits per heavy atom. The summed E-state index contributed by atoms with van der Waals surface area (Å²) in [5.41, 5.74) is 7.98. The van der Waals surface area contributed by atoms with Crippen molar-refractivity contribution in [3.8, 4) is 0 Å². The summed E-state index contributed by atoms with van der Waals surface area (Å²) in [5, 5.41) is 22.3. The number of hydrogen-bond donors (Lipinski definition) is 4. The van der Waals surface area contributed by atoms with Crippen LogP contribution in [0.1, 0.15) is 47.1 Å². The third-order valence-corrected chi connectivity index (χ3v) is 5.16. The van der Waals surface area contributed by atoms with Gasteiger partial charge in [-0.1, -0.05) is 71.9 Å². The van der Waals surface area contributed by atoms with Crippen molar-refractivity contribution in [3.05, 3.63) is 35.9 Å². The lowest BCUT2D eigenvalue weighted by atomic mass is 9.58. The molecule has 0 radical (unpaired) electrons. The molecule has 6 N–H and O–H groups in total. The highest BCUT2D eigenvalue weighted by Gasteiger charge is 2.61. The summed E-state index contributed by atoms with van der Waals surface area (Å²) in [5.74, 6) is 0. The smallest absolute Gasteiger partial charge is 0.405 e. The van der Waals surface area contributed by atoms with Crippen LogP contribution >= 0.6 is 0 Å². The minimum Gasteiger partial charge on any atom is -0.443 e. The van der Waals surface area contributed by atoms with Crippen molar-refractivity contribution in [1.29, 1.82) is 0 Å². The molecule has 8 nitrogen and oxygen atoms in total. The molecule has 0 aliphatic heterocycles. The Kier molecular flexibility index (Phi) is 7.67. The molecule has 0 aromatic heterocycles. The van der Waals surface area contributed by atoms with Gasteiger partial charge in [-0.15, -0.1) is 0 Å². The van der Waals surface area contributed by atoms with E-state index < -0.39 is 46.9 Å². The normalized spacial score (nSPS) is 15.9. The Bertz CT molecular complexity index is 679. The quantitative estimate of drug-likeness (QED) is 0.543. The van der Waals surface area contributed by atoms with Crippen molar-refractivity contribution in [2.24, 2.45) is 22.3 Å². The average Bonchev–Trinajstić information content (AvgIpc) is 2.56. The van der Waals surface area contributed by atoms with Crippen LogP contribution in [-0.4, -0.2) is 46.3 Å². The maximum absolute atomic E-state index is 11.8. The zero-order chi connectivity index (χ0) is 22.6. The highest BCUT2D eigenvalue weighted by molar-refractivity contribution is 5.66. The third-order valence-electron chi connectivity index (χ3n) is 5.16. The number of aliphatic hydroxyl groups is 2. The first-order valence-electron chi connectivity index (χ1n) is 9.48. The van der Waals surface area contributed by atoms with E-state index in [9.17, 15) is 19.8 Å². The predicted octanol–water partition coefficient (Wildman–Crippen LogP) is 2.34. The Morgan fingerprint density at radius 2 is 1.41 bits per heavy atom. The van der Waals surface area contributed by atoms with Crippen molar-refractivity contribution >= 4 is 12.2 Å². The molecule has 1 aromatic carbocycles. The van der Waals surface area contributed by atoms with E-state index in [2.05, 4.69) is 0 Å². The summed E-state index contributed by atoms with van der Waals surface area (Å²) in [7, 11) is 0. The van der Waals surface area contributed by atoms with Gasteiger partial charge < -0.3 is 31.2 Å². The van der Waals surface area contributed by atoms with Gasteiger partial charge in [0.15, 0.2) is 5.60 Å².